The van der Waals surface area contributed by atoms with Gasteiger partial charge in [-0.25, -0.2) is 8.42 Å². The molecule has 0 spiro atoms. The van der Waals surface area contributed by atoms with E-state index in [9.17, 15) is 13.0 Å². The summed E-state index contributed by atoms with van der Waals surface area (Å²) in [5, 5.41) is 9.37. The summed E-state index contributed by atoms with van der Waals surface area (Å²) in [5.41, 5.74) is 0.509. The monoisotopic (exact) mass is 221 g/mol. The molecule has 0 aliphatic carbocycles. The van der Waals surface area contributed by atoms with Gasteiger partial charge in [-0.1, -0.05) is 11.3 Å². The van der Waals surface area contributed by atoms with Gasteiger partial charge in [0.2, 0.25) is 0 Å². The Hall–Kier alpha value is -0.470. The van der Waals surface area contributed by atoms with Gasteiger partial charge in [-0.15, -0.1) is 5.10 Å². The summed E-state index contributed by atoms with van der Waals surface area (Å²) in [6.07, 6.45) is 0. The van der Waals surface area contributed by atoms with Gasteiger partial charge >= 0.3 is 29.6 Å². The van der Waals surface area contributed by atoms with E-state index in [1.54, 1.807) is 6.07 Å². The van der Waals surface area contributed by atoms with Crippen molar-refractivity contribution in [3.63, 3.8) is 0 Å². The van der Waals surface area contributed by atoms with Crippen LogP contribution in [0.25, 0.3) is 11.0 Å². The van der Waals surface area contributed by atoms with Gasteiger partial charge in [-0.3, -0.25) is 5.10 Å². The van der Waals surface area contributed by atoms with Crippen molar-refractivity contribution in [2.45, 2.75) is 4.90 Å². The molecule has 1 N–H and O–H groups in total. The summed E-state index contributed by atoms with van der Waals surface area (Å²) in [7, 11) is -4.47. The molecule has 0 bridgehead atoms. The standard InChI is InChI=1S/C6H5N3O3S.Na/c10-13(11,12)5-3-1-2-4-6(5)8-9-7-4;/h1-3H,(H,7,8,9)(H,10,11,12);/q;+1/p-1. The molecule has 68 valence electrons. The first-order chi connectivity index (χ1) is 6.09. The molecule has 0 saturated carbocycles. The first kappa shape index (κ1) is 11.6. The van der Waals surface area contributed by atoms with E-state index < -0.39 is 10.1 Å². The van der Waals surface area contributed by atoms with Crippen LogP contribution in [-0.4, -0.2) is 28.4 Å². The minimum absolute atomic E-state index is 0. The summed E-state index contributed by atoms with van der Waals surface area (Å²) in [6.45, 7) is 0. The number of fused-ring (bicyclic) bond motifs is 1. The van der Waals surface area contributed by atoms with Crippen LogP contribution in [0.4, 0.5) is 0 Å². The molecular weight excluding hydrogens is 217 g/mol. The van der Waals surface area contributed by atoms with E-state index in [1.807, 2.05) is 0 Å². The van der Waals surface area contributed by atoms with Crippen molar-refractivity contribution in [3.8, 4) is 0 Å². The zero-order valence-electron chi connectivity index (χ0n) is 7.26. The molecule has 0 radical (unpaired) electrons. The second-order valence-electron chi connectivity index (χ2n) is 2.42. The van der Waals surface area contributed by atoms with E-state index in [2.05, 4.69) is 15.4 Å². The number of hydrogen-bond acceptors (Lipinski definition) is 5. The van der Waals surface area contributed by atoms with Crippen LogP contribution in [0.5, 0.6) is 0 Å². The largest absolute Gasteiger partial charge is 1.00 e. The predicted molar refractivity (Wildman–Crippen MR) is 41.9 cm³/mol. The summed E-state index contributed by atoms with van der Waals surface area (Å²) in [5.74, 6) is 0. The van der Waals surface area contributed by atoms with Gasteiger partial charge in [-0.2, -0.15) is 0 Å². The molecule has 0 unspecified atom stereocenters. The molecule has 2 aromatic rings. The van der Waals surface area contributed by atoms with Crippen LogP contribution >= 0.6 is 0 Å². The summed E-state index contributed by atoms with van der Waals surface area (Å²) in [6, 6.07) is 4.24. The van der Waals surface area contributed by atoms with Crippen LogP contribution in [0.3, 0.4) is 0 Å². The second-order valence-corrected chi connectivity index (χ2v) is 3.77. The topological polar surface area (TPSA) is 98.8 Å². The normalized spacial score (nSPS) is 11.2. The number of nitrogens with zero attached hydrogens (tertiary/aromatic N) is 2. The molecule has 0 amide bonds. The number of H-pyrrole nitrogens is 1. The van der Waals surface area contributed by atoms with E-state index in [4.69, 9.17) is 0 Å². The van der Waals surface area contributed by atoms with Gasteiger partial charge in [0.25, 0.3) is 0 Å². The van der Waals surface area contributed by atoms with E-state index in [0.29, 0.717) is 5.52 Å². The summed E-state index contributed by atoms with van der Waals surface area (Å²) >= 11 is 0. The van der Waals surface area contributed by atoms with Gasteiger partial charge in [-0.05, 0) is 12.1 Å². The Bertz CT molecular complexity index is 550. The quantitative estimate of drug-likeness (QED) is 0.405. The zero-order valence-corrected chi connectivity index (χ0v) is 10.1. The third kappa shape index (κ3) is 1.96. The van der Waals surface area contributed by atoms with E-state index in [0.717, 1.165) is 0 Å². The maximum Gasteiger partial charge on any atom is 1.00 e. The first-order valence-corrected chi connectivity index (χ1v) is 4.75. The SMILES string of the molecule is O=S(=O)([O-])c1cccc2[nH]nnc12.[Na+]. The van der Waals surface area contributed by atoms with E-state index in [1.165, 1.54) is 12.1 Å². The second kappa shape index (κ2) is 3.95. The number of benzene rings is 1. The van der Waals surface area contributed by atoms with Gasteiger partial charge in [0.15, 0.2) is 0 Å². The Morgan fingerprint density at radius 1 is 1.36 bits per heavy atom. The van der Waals surface area contributed by atoms with Gasteiger partial charge in [0.05, 0.1) is 10.4 Å². The number of aromatic nitrogens is 3. The van der Waals surface area contributed by atoms with Crippen molar-refractivity contribution in [2.24, 2.45) is 0 Å². The Kier molecular flexibility index (Phi) is 3.28. The van der Waals surface area contributed by atoms with Crippen molar-refractivity contribution in [1.29, 1.82) is 0 Å². The molecule has 0 fully saturated rings. The van der Waals surface area contributed by atoms with Crippen molar-refractivity contribution < 1.29 is 42.5 Å². The average Bonchev–Trinajstić information content (AvgIpc) is 2.48. The smallest absolute Gasteiger partial charge is 0.744 e. The van der Waals surface area contributed by atoms with E-state index >= 15 is 0 Å². The van der Waals surface area contributed by atoms with Crippen LogP contribution in [-0.2, 0) is 10.1 Å². The van der Waals surface area contributed by atoms with Crippen LogP contribution in [0.2, 0.25) is 0 Å². The average molecular weight is 221 g/mol. The molecule has 0 aliphatic rings. The zero-order chi connectivity index (χ0) is 9.47. The van der Waals surface area contributed by atoms with Crippen LogP contribution in [0, 0.1) is 0 Å². The molecule has 8 heteroatoms. The van der Waals surface area contributed by atoms with Gasteiger partial charge in [0.1, 0.15) is 15.6 Å². The number of nitrogens with one attached hydrogen (secondary N) is 1. The maximum absolute atomic E-state index is 10.7. The number of hydrogen-bond donors (Lipinski definition) is 1. The minimum Gasteiger partial charge on any atom is -0.744 e. The molecule has 1 aromatic carbocycles. The summed E-state index contributed by atoms with van der Waals surface area (Å²) in [4.78, 5) is -0.348. The van der Waals surface area contributed by atoms with Crippen molar-refractivity contribution in [3.05, 3.63) is 18.2 Å². The Morgan fingerprint density at radius 2 is 2.07 bits per heavy atom. The molecule has 1 aromatic heterocycles. The van der Waals surface area contributed by atoms with Gasteiger partial charge in [0, 0.05) is 0 Å². The van der Waals surface area contributed by atoms with Gasteiger partial charge < -0.3 is 4.55 Å². The molecule has 0 saturated heterocycles. The molecule has 2 rings (SSSR count). The minimum atomic E-state index is -4.47. The van der Waals surface area contributed by atoms with Crippen LogP contribution in [0.15, 0.2) is 23.1 Å². The molecule has 14 heavy (non-hydrogen) atoms. The third-order valence-corrected chi connectivity index (χ3v) is 2.46. The fourth-order valence-electron chi connectivity index (χ4n) is 1.05. The molecule has 0 atom stereocenters. The predicted octanol–water partition coefficient (Wildman–Crippen LogP) is -3.13. The van der Waals surface area contributed by atoms with Crippen molar-refractivity contribution >= 4 is 21.2 Å². The fourth-order valence-corrected chi connectivity index (χ4v) is 1.68. The Balaban J connectivity index is 0.000000980. The first-order valence-electron chi connectivity index (χ1n) is 3.35. The third-order valence-electron chi connectivity index (χ3n) is 1.59. The fraction of sp³-hybridized carbons (Fsp3) is 0. The molecular formula is C6H4N3NaO3S. The number of rotatable bonds is 1. The molecule has 1 heterocycles. The Morgan fingerprint density at radius 3 is 2.71 bits per heavy atom. The molecule has 6 nitrogen and oxygen atoms in total. The number of aromatic amines is 1. The Labute approximate surface area is 102 Å². The van der Waals surface area contributed by atoms with Crippen LogP contribution < -0.4 is 29.6 Å². The maximum atomic E-state index is 10.7. The van der Waals surface area contributed by atoms with Crippen molar-refractivity contribution in [1.82, 2.24) is 15.4 Å². The summed E-state index contributed by atoms with van der Waals surface area (Å²) < 4.78 is 32.1. The van der Waals surface area contributed by atoms with E-state index in [-0.39, 0.29) is 40.0 Å². The van der Waals surface area contributed by atoms with Crippen molar-refractivity contribution in [2.75, 3.05) is 0 Å². The van der Waals surface area contributed by atoms with Crippen LogP contribution in [0.1, 0.15) is 0 Å². The molecule has 0 aliphatic heterocycles.